The van der Waals surface area contributed by atoms with Crippen LogP contribution in [0.1, 0.15) is 6.42 Å². The number of halogens is 1. The number of fused-ring (bicyclic) bond motifs is 1. The maximum atomic E-state index is 14.0. The second kappa shape index (κ2) is 7.36. The Labute approximate surface area is 158 Å². The second-order valence-electron chi connectivity index (χ2n) is 6.50. The van der Waals surface area contributed by atoms with Crippen molar-refractivity contribution in [1.29, 1.82) is 0 Å². The quantitative estimate of drug-likeness (QED) is 0.803. The highest BCUT2D eigenvalue weighted by Gasteiger charge is 2.30. The van der Waals surface area contributed by atoms with Crippen LogP contribution in [0, 0.1) is 5.82 Å². The molecule has 8 heteroatoms. The molecule has 2 aliphatic heterocycles. The van der Waals surface area contributed by atoms with Crippen LogP contribution in [0.15, 0.2) is 47.4 Å². The van der Waals surface area contributed by atoms with E-state index in [1.165, 1.54) is 16.4 Å². The summed E-state index contributed by atoms with van der Waals surface area (Å²) in [7, 11) is -3.65. The van der Waals surface area contributed by atoms with E-state index >= 15 is 0 Å². The molecule has 0 aliphatic carbocycles. The van der Waals surface area contributed by atoms with Gasteiger partial charge in [0.15, 0.2) is 11.5 Å². The highest BCUT2D eigenvalue weighted by Crippen LogP contribution is 2.33. The maximum absolute atomic E-state index is 14.0. The lowest BCUT2D eigenvalue weighted by Gasteiger charge is -2.35. The molecule has 0 saturated carbocycles. The topological polar surface area (TPSA) is 59.1 Å². The van der Waals surface area contributed by atoms with Gasteiger partial charge in [-0.05, 0) is 24.3 Å². The third-order valence-corrected chi connectivity index (χ3v) is 6.68. The number of hydrogen-bond acceptors (Lipinski definition) is 5. The molecule has 0 atom stereocenters. The number of rotatable bonds is 3. The molecule has 0 bridgehead atoms. The highest BCUT2D eigenvalue weighted by atomic mass is 32.2. The number of piperazine rings is 1. The second-order valence-corrected chi connectivity index (χ2v) is 8.44. The summed E-state index contributed by atoms with van der Waals surface area (Å²) in [5.74, 6) is 0.728. The van der Waals surface area contributed by atoms with E-state index in [4.69, 9.17) is 9.47 Å². The lowest BCUT2D eigenvalue weighted by molar-refractivity contribution is 0.296. The Morgan fingerprint density at radius 3 is 2.33 bits per heavy atom. The molecule has 2 heterocycles. The fourth-order valence-corrected chi connectivity index (χ4v) is 4.77. The van der Waals surface area contributed by atoms with E-state index in [0.29, 0.717) is 56.6 Å². The number of para-hydroxylation sites is 1. The van der Waals surface area contributed by atoms with E-state index in [1.54, 1.807) is 30.3 Å². The Kier molecular flexibility index (Phi) is 4.92. The largest absolute Gasteiger partial charge is 0.490 e. The van der Waals surface area contributed by atoms with Gasteiger partial charge < -0.3 is 14.4 Å². The highest BCUT2D eigenvalue weighted by molar-refractivity contribution is 7.89. The van der Waals surface area contributed by atoms with Crippen LogP contribution in [0.2, 0.25) is 0 Å². The van der Waals surface area contributed by atoms with Gasteiger partial charge in [0.2, 0.25) is 10.0 Å². The van der Waals surface area contributed by atoms with Gasteiger partial charge in [-0.2, -0.15) is 4.31 Å². The third kappa shape index (κ3) is 3.59. The van der Waals surface area contributed by atoms with Crippen LogP contribution in [0.4, 0.5) is 10.1 Å². The number of ether oxygens (including phenoxy) is 2. The summed E-state index contributed by atoms with van der Waals surface area (Å²) in [6.07, 6.45) is 0.759. The van der Waals surface area contributed by atoms with Crippen LogP contribution < -0.4 is 14.4 Å². The Morgan fingerprint density at radius 2 is 1.59 bits per heavy atom. The van der Waals surface area contributed by atoms with Crippen LogP contribution in [-0.4, -0.2) is 52.1 Å². The summed E-state index contributed by atoms with van der Waals surface area (Å²) in [5, 5.41) is 0. The van der Waals surface area contributed by atoms with Gasteiger partial charge >= 0.3 is 0 Å². The minimum absolute atomic E-state index is 0.186. The molecular weight excluding hydrogens is 371 g/mol. The smallest absolute Gasteiger partial charge is 0.243 e. The summed E-state index contributed by atoms with van der Waals surface area (Å²) in [5.41, 5.74) is 0.505. The van der Waals surface area contributed by atoms with Gasteiger partial charge in [0, 0.05) is 38.7 Å². The molecule has 4 rings (SSSR count). The van der Waals surface area contributed by atoms with Crippen LogP contribution >= 0.6 is 0 Å². The first-order valence-corrected chi connectivity index (χ1v) is 10.4. The summed E-state index contributed by atoms with van der Waals surface area (Å²) in [6.45, 7) is 2.51. The van der Waals surface area contributed by atoms with Gasteiger partial charge in [-0.15, -0.1) is 0 Å². The molecule has 0 spiro atoms. The molecular formula is C19H21FN2O4S. The van der Waals surface area contributed by atoms with Gasteiger partial charge in [0.1, 0.15) is 5.82 Å². The minimum Gasteiger partial charge on any atom is -0.490 e. The lowest BCUT2D eigenvalue weighted by atomic mass is 10.2. The molecule has 0 radical (unpaired) electrons. The molecule has 0 amide bonds. The molecule has 0 N–H and O–H groups in total. The summed E-state index contributed by atoms with van der Waals surface area (Å²) < 4.78 is 52.6. The summed E-state index contributed by atoms with van der Waals surface area (Å²) in [6, 6.07) is 11.3. The van der Waals surface area contributed by atoms with Crippen molar-refractivity contribution < 1.29 is 22.3 Å². The van der Waals surface area contributed by atoms with E-state index in [-0.39, 0.29) is 10.7 Å². The number of sulfonamides is 1. The zero-order valence-corrected chi connectivity index (χ0v) is 15.6. The van der Waals surface area contributed by atoms with E-state index < -0.39 is 10.0 Å². The normalized spacial score (nSPS) is 18.2. The minimum atomic E-state index is -3.65. The number of anilines is 1. The van der Waals surface area contributed by atoms with Crippen LogP contribution in [-0.2, 0) is 10.0 Å². The predicted octanol–water partition coefficient (Wildman–Crippen LogP) is 2.50. The van der Waals surface area contributed by atoms with E-state index in [2.05, 4.69) is 0 Å². The third-order valence-electron chi connectivity index (χ3n) is 4.79. The van der Waals surface area contributed by atoms with Crippen molar-refractivity contribution in [2.24, 2.45) is 0 Å². The first-order chi connectivity index (χ1) is 13.1. The van der Waals surface area contributed by atoms with Gasteiger partial charge in [-0.25, -0.2) is 12.8 Å². The monoisotopic (exact) mass is 392 g/mol. The fraction of sp³-hybridized carbons (Fsp3) is 0.368. The van der Waals surface area contributed by atoms with Crippen molar-refractivity contribution in [3.63, 3.8) is 0 Å². The van der Waals surface area contributed by atoms with Gasteiger partial charge in [-0.3, -0.25) is 0 Å². The van der Waals surface area contributed by atoms with E-state index in [1.807, 2.05) is 4.90 Å². The molecule has 1 fully saturated rings. The first-order valence-electron chi connectivity index (χ1n) is 8.95. The lowest BCUT2D eigenvalue weighted by Crippen LogP contribution is -2.48. The Morgan fingerprint density at radius 1 is 0.889 bits per heavy atom. The van der Waals surface area contributed by atoms with Crippen molar-refractivity contribution in [2.75, 3.05) is 44.3 Å². The van der Waals surface area contributed by atoms with Gasteiger partial charge in [0.25, 0.3) is 0 Å². The number of nitrogens with zero attached hydrogens (tertiary/aromatic N) is 2. The summed E-state index contributed by atoms with van der Waals surface area (Å²) in [4.78, 5) is 2.06. The SMILES string of the molecule is O=S(=O)(c1ccc2c(c1)OCCCO2)N1CCN(c2ccccc2F)CC1. The van der Waals surface area contributed by atoms with Crippen molar-refractivity contribution in [3.8, 4) is 11.5 Å². The Balaban J connectivity index is 1.51. The molecule has 0 unspecified atom stereocenters. The Hall–Kier alpha value is -2.32. The first kappa shape index (κ1) is 18.1. The van der Waals surface area contributed by atoms with Crippen molar-refractivity contribution >= 4 is 15.7 Å². The molecule has 27 heavy (non-hydrogen) atoms. The molecule has 1 saturated heterocycles. The van der Waals surface area contributed by atoms with Crippen LogP contribution in [0.5, 0.6) is 11.5 Å². The van der Waals surface area contributed by atoms with Crippen LogP contribution in [0.25, 0.3) is 0 Å². The Bertz CT molecular complexity index is 927. The molecule has 0 aromatic heterocycles. The van der Waals surface area contributed by atoms with Crippen molar-refractivity contribution in [2.45, 2.75) is 11.3 Å². The van der Waals surface area contributed by atoms with E-state index in [0.717, 1.165) is 6.42 Å². The number of hydrogen-bond donors (Lipinski definition) is 0. The van der Waals surface area contributed by atoms with E-state index in [9.17, 15) is 12.8 Å². The number of benzene rings is 2. The molecule has 2 aromatic carbocycles. The van der Waals surface area contributed by atoms with Crippen molar-refractivity contribution in [1.82, 2.24) is 4.31 Å². The molecule has 2 aromatic rings. The standard InChI is InChI=1S/C19H21FN2O4S/c20-16-4-1-2-5-17(16)21-8-10-22(11-9-21)27(23,24)15-6-7-18-19(14-15)26-13-3-12-25-18/h1-2,4-7,14H,3,8-13H2. The average molecular weight is 392 g/mol. The van der Waals surface area contributed by atoms with Crippen LogP contribution in [0.3, 0.4) is 0 Å². The zero-order valence-electron chi connectivity index (χ0n) is 14.8. The maximum Gasteiger partial charge on any atom is 0.243 e. The molecule has 2 aliphatic rings. The molecule has 6 nitrogen and oxygen atoms in total. The zero-order chi connectivity index (χ0) is 18.9. The van der Waals surface area contributed by atoms with Gasteiger partial charge in [0.05, 0.1) is 23.8 Å². The van der Waals surface area contributed by atoms with Gasteiger partial charge in [-0.1, -0.05) is 12.1 Å². The molecule has 144 valence electrons. The average Bonchev–Trinajstić information content (AvgIpc) is 2.93. The fourth-order valence-electron chi connectivity index (χ4n) is 3.33. The summed E-state index contributed by atoms with van der Waals surface area (Å²) >= 11 is 0. The van der Waals surface area contributed by atoms with Crippen molar-refractivity contribution in [3.05, 3.63) is 48.3 Å². The predicted molar refractivity (Wildman–Crippen MR) is 99.4 cm³/mol.